The largest absolute Gasteiger partial charge is 0.426 e. The van der Waals surface area contributed by atoms with Gasteiger partial charge in [-0.15, -0.1) is 0 Å². The summed E-state index contributed by atoms with van der Waals surface area (Å²) in [7, 11) is 0. The second-order valence-corrected chi connectivity index (χ2v) is 7.07. The molecule has 0 radical (unpaired) electrons. The Morgan fingerprint density at radius 2 is 1.54 bits per heavy atom. The Hall–Kier alpha value is -2.11. The summed E-state index contributed by atoms with van der Waals surface area (Å²) >= 11 is 0. The van der Waals surface area contributed by atoms with Gasteiger partial charge in [0.25, 0.3) is 5.95 Å². The molecule has 0 saturated carbocycles. The predicted octanol–water partition coefficient (Wildman–Crippen LogP) is 5.31. The van der Waals surface area contributed by atoms with Crippen molar-refractivity contribution in [1.82, 2.24) is 5.32 Å². The van der Waals surface area contributed by atoms with E-state index in [-0.39, 0.29) is 5.78 Å². The van der Waals surface area contributed by atoms with Crippen molar-refractivity contribution in [3.05, 3.63) is 48.2 Å². The molecule has 1 aromatic heterocycles. The van der Waals surface area contributed by atoms with Gasteiger partial charge in [0.1, 0.15) is 5.75 Å². The summed E-state index contributed by atoms with van der Waals surface area (Å²) in [6.45, 7) is 2.88. The molecule has 0 unspecified atom stereocenters. The lowest BCUT2D eigenvalue weighted by Crippen LogP contribution is -2.19. The molecule has 154 valence electrons. The zero-order valence-corrected chi connectivity index (χ0v) is 16.8. The van der Waals surface area contributed by atoms with Crippen molar-refractivity contribution < 1.29 is 13.9 Å². The van der Waals surface area contributed by atoms with E-state index in [1.165, 1.54) is 32.1 Å². The molecule has 0 fully saturated rings. The number of hydrogen-bond donors (Lipinski definition) is 2. The second kappa shape index (κ2) is 14.0. The van der Waals surface area contributed by atoms with Gasteiger partial charge in [-0.3, -0.25) is 4.79 Å². The molecule has 2 aromatic rings. The highest BCUT2D eigenvalue weighted by Crippen LogP contribution is 2.24. The van der Waals surface area contributed by atoms with Crippen LogP contribution in [0.4, 0.5) is 0 Å². The fourth-order valence-corrected chi connectivity index (χ4v) is 3.02. The highest BCUT2D eigenvalue weighted by atomic mass is 16.6. The number of unbranched alkanes of at least 4 members (excludes halogenated alkanes) is 6. The molecule has 0 aliphatic rings. The molecule has 0 bridgehead atoms. The third kappa shape index (κ3) is 9.20. The van der Waals surface area contributed by atoms with E-state index in [0.29, 0.717) is 23.9 Å². The van der Waals surface area contributed by atoms with Gasteiger partial charge in [0.15, 0.2) is 11.5 Å². The lowest BCUT2D eigenvalue weighted by atomic mass is 10.1. The number of rotatable bonds is 16. The fraction of sp³-hybridized carbons (Fsp3) is 0.522. The van der Waals surface area contributed by atoms with E-state index in [0.717, 1.165) is 38.9 Å². The summed E-state index contributed by atoms with van der Waals surface area (Å²) in [6.07, 6.45) is 9.79. The molecule has 0 amide bonds. The van der Waals surface area contributed by atoms with E-state index in [4.69, 9.17) is 14.9 Å². The molecule has 28 heavy (non-hydrogen) atoms. The number of nitrogens with one attached hydrogen (secondary N) is 1. The van der Waals surface area contributed by atoms with Crippen molar-refractivity contribution in [2.24, 2.45) is 5.73 Å². The van der Waals surface area contributed by atoms with E-state index in [1.54, 1.807) is 12.1 Å². The molecule has 0 spiro atoms. The molecule has 3 N–H and O–H groups in total. The Kier molecular flexibility index (Phi) is 11.1. The maximum atomic E-state index is 12.2. The summed E-state index contributed by atoms with van der Waals surface area (Å²) in [5.74, 6) is 1.48. The van der Waals surface area contributed by atoms with Gasteiger partial charge >= 0.3 is 0 Å². The Balaban J connectivity index is 1.49. The average molecular weight is 387 g/mol. The van der Waals surface area contributed by atoms with Gasteiger partial charge in [-0.05, 0) is 57.1 Å². The van der Waals surface area contributed by atoms with Crippen molar-refractivity contribution in [2.75, 3.05) is 19.6 Å². The minimum Gasteiger partial charge on any atom is -0.426 e. The van der Waals surface area contributed by atoms with Crippen molar-refractivity contribution in [3.8, 4) is 11.7 Å². The molecule has 0 atom stereocenters. The first kappa shape index (κ1) is 22.2. The van der Waals surface area contributed by atoms with E-state index in [1.807, 2.05) is 30.3 Å². The molecule has 2 rings (SSSR count). The van der Waals surface area contributed by atoms with Crippen LogP contribution in [0.3, 0.4) is 0 Å². The summed E-state index contributed by atoms with van der Waals surface area (Å²) in [6, 6.07) is 12.8. The van der Waals surface area contributed by atoms with E-state index in [9.17, 15) is 4.79 Å². The number of benzene rings is 1. The topological polar surface area (TPSA) is 77.5 Å². The summed E-state index contributed by atoms with van der Waals surface area (Å²) in [5, 5.41) is 3.41. The number of ether oxygens (including phenoxy) is 1. The number of carbonyl (C=O) groups excluding carboxylic acids is 1. The van der Waals surface area contributed by atoms with Crippen molar-refractivity contribution in [1.29, 1.82) is 0 Å². The van der Waals surface area contributed by atoms with Crippen LogP contribution in [0.25, 0.3) is 0 Å². The number of Topliss-reactive ketones (excluding diaryl/α,β-unsaturated/α-hetero) is 1. The first-order chi connectivity index (χ1) is 13.8. The van der Waals surface area contributed by atoms with E-state index >= 15 is 0 Å². The van der Waals surface area contributed by atoms with Gasteiger partial charge < -0.3 is 20.2 Å². The first-order valence-corrected chi connectivity index (χ1v) is 10.6. The number of nitrogens with two attached hydrogens (primary N) is 1. The molecule has 5 nitrogen and oxygen atoms in total. The van der Waals surface area contributed by atoms with Gasteiger partial charge in [-0.2, -0.15) is 0 Å². The van der Waals surface area contributed by atoms with Crippen LogP contribution in [-0.2, 0) is 0 Å². The molecule has 0 aliphatic heterocycles. The van der Waals surface area contributed by atoms with Crippen molar-refractivity contribution in [2.45, 2.75) is 57.8 Å². The molecule has 0 saturated heterocycles. The Bertz CT molecular complexity index is 655. The molecule has 5 heteroatoms. The van der Waals surface area contributed by atoms with Crippen molar-refractivity contribution >= 4 is 5.78 Å². The molecular formula is C23H34N2O3. The Morgan fingerprint density at radius 1 is 0.857 bits per heavy atom. The Labute approximate surface area is 168 Å². The predicted molar refractivity (Wildman–Crippen MR) is 113 cm³/mol. The van der Waals surface area contributed by atoms with Gasteiger partial charge in [0.2, 0.25) is 0 Å². The maximum Gasteiger partial charge on any atom is 0.290 e. The summed E-state index contributed by atoms with van der Waals surface area (Å²) in [4.78, 5) is 12.2. The highest BCUT2D eigenvalue weighted by molar-refractivity contribution is 5.93. The fourth-order valence-electron chi connectivity index (χ4n) is 3.02. The molecule has 1 heterocycles. The Morgan fingerprint density at radius 3 is 2.29 bits per heavy atom. The molecular weight excluding hydrogens is 352 g/mol. The van der Waals surface area contributed by atoms with Crippen LogP contribution in [0, 0.1) is 0 Å². The SMILES string of the molecule is NCCCNCCCCCCCCCC(=O)c1ccc(Oc2ccccc2)o1. The van der Waals surface area contributed by atoms with E-state index < -0.39 is 0 Å². The third-order valence-corrected chi connectivity index (χ3v) is 4.63. The highest BCUT2D eigenvalue weighted by Gasteiger charge is 2.12. The number of ketones is 1. The van der Waals surface area contributed by atoms with Gasteiger partial charge in [0.05, 0.1) is 0 Å². The van der Waals surface area contributed by atoms with Crippen LogP contribution in [0.15, 0.2) is 46.9 Å². The van der Waals surface area contributed by atoms with Crippen LogP contribution in [0.2, 0.25) is 0 Å². The monoisotopic (exact) mass is 386 g/mol. The van der Waals surface area contributed by atoms with Crippen LogP contribution in [-0.4, -0.2) is 25.4 Å². The lowest BCUT2D eigenvalue weighted by molar-refractivity contribution is 0.0947. The standard InChI is InChI=1S/C23H34N2O3/c24-17-11-19-25-18-10-5-3-1-2-4-9-14-21(26)22-15-16-23(28-22)27-20-12-7-6-8-13-20/h6-8,12-13,15-16,25H,1-5,9-11,14,17-19,24H2. The number of hydrogen-bond acceptors (Lipinski definition) is 5. The minimum absolute atomic E-state index is 0.0477. The molecule has 1 aromatic carbocycles. The average Bonchev–Trinajstić information content (AvgIpc) is 3.18. The second-order valence-electron chi connectivity index (χ2n) is 7.07. The van der Waals surface area contributed by atoms with Crippen LogP contribution >= 0.6 is 0 Å². The van der Waals surface area contributed by atoms with Crippen LogP contribution < -0.4 is 15.8 Å². The van der Waals surface area contributed by atoms with Crippen LogP contribution in [0.1, 0.15) is 68.3 Å². The number of para-hydroxylation sites is 1. The zero-order chi connectivity index (χ0) is 19.9. The third-order valence-electron chi connectivity index (χ3n) is 4.63. The smallest absolute Gasteiger partial charge is 0.290 e. The summed E-state index contributed by atoms with van der Waals surface area (Å²) in [5.41, 5.74) is 5.46. The van der Waals surface area contributed by atoms with Crippen molar-refractivity contribution in [3.63, 3.8) is 0 Å². The minimum atomic E-state index is 0.0477. The maximum absolute atomic E-state index is 12.2. The normalized spacial score (nSPS) is 10.9. The first-order valence-electron chi connectivity index (χ1n) is 10.6. The quantitative estimate of drug-likeness (QED) is 0.302. The van der Waals surface area contributed by atoms with Gasteiger partial charge in [-0.25, -0.2) is 0 Å². The number of furan rings is 1. The number of carbonyl (C=O) groups is 1. The van der Waals surface area contributed by atoms with Gasteiger partial charge in [-0.1, -0.05) is 50.3 Å². The van der Waals surface area contributed by atoms with E-state index in [2.05, 4.69) is 5.32 Å². The van der Waals surface area contributed by atoms with Crippen LogP contribution in [0.5, 0.6) is 11.7 Å². The lowest BCUT2D eigenvalue weighted by Gasteiger charge is -2.04. The zero-order valence-electron chi connectivity index (χ0n) is 16.8. The van der Waals surface area contributed by atoms with Gasteiger partial charge in [0, 0.05) is 12.5 Å². The summed E-state index contributed by atoms with van der Waals surface area (Å²) < 4.78 is 11.1. The molecule has 0 aliphatic carbocycles.